The third-order valence-corrected chi connectivity index (χ3v) is 4.21. The van der Waals surface area contributed by atoms with Crippen molar-refractivity contribution in [3.05, 3.63) is 40.5 Å². The van der Waals surface area contributed by atoms with Gasteiger partial charge in [-0.05, 0) is 24.3 Å². The van der Waals surface area contributed by atoms with Gasteiger partial charge < -0.3 is 16.0 Å². The van der Waals surface area contributed by atoms with Crippen molar-refractivity contribution in [1.29, 1.82) is 5.26 Å². The lowest BCUT2D eigenvalue weighted by Gasteiger charge is -2.34. The van der Waals surface area contributed by atoms with Crippen molar-refractivity contribution in [2.75, 3.05) is 44.6 Å². The maximum absolute atomic E-state index is 12.4. The molecule has 1 aromatic rings. The van der Waals surface area contributed by atoms with Crippen molar-refractivity contribution in [3.8, 4) is 6.07 Å². The molecule has 23 heavy (non-hydrogen) atoms. The minimum absolute atomic E-state index is 0.111. The van der Waals surface area contributed by atoms with Crippen LogP contribution in [-0.2, 0) is 4.79 Å². The molecule has 2 rings (SSSR count). The first-order valence-electron chi connectivity index (χ1n) is 7.48. The minimum Gasteiger partial charge on any atom is -0.360 e. The molecule has 3 N–H and O–H groups in total. The molecule has 122 valence electrons. The number of carbonyl (C=O) groups is 1. The van der Waals surface area contributed by atoms with E-state index in [0.717, 1.165) is 29.8 Å². The standard InChI is InChI=1S/C16H20BrN5O/c17-14-1-3-15(4-2-14)20-12-13(11-19)16(23)22-9-7-21(6-5-18)8-10-22/h1-4,12,20H,5-10,18H2/b13-12-. The molecule has 1 saturated heterocycles. The number of anilines is 1. The summed E-state index contributed by atoms with van der Waals surface area (Å²) >= 11 is 3.36. The number of nitrogens with zero attached hydrogens (tertiary/aromatic N) is 3. The number of nitrogens with one attached hydrogen (secondary N) is 1. The number of amides is 1. The second-order valence-electron chi connectivity index (χ2n) is 5.24. The van der Waals surface area contributed by atoms with E-state index < -0.39 is 0 Å². The first-order valence-corrected chi connectivity index (χ1v) is 8.27. The number of benzene rings is 1. The second-order valence-corrected chi connectivity index (χ2v) is 6.16. The summed E-state index contributed by atoms with van der Waals surface area (Å²) in [6.07, 6.45) is 1.47. The summed E-state index contributed by atoms with van der Waals surface area (Å²) in [6, 6.07) is 9.49. The van der Waals surface area contributed by atoms with E-state index >= 15 is 0 Å². The van der Waals surface area contributed by atoms with E-state index in [1.165, 1.54) is 6.20 Å². The van der Waals surface area contributed by atoms with Gasteiger partial charge in [-0.15, -0.1) is 0 Å². The van der Waals surface area contributed by atoms with Gasteiger partial charge in [-0.1, -0.05) is 15.9 Å². The molecule has 0 saturated carbocycles. The smallest absolute Gasteiger partial charge is 0.266 e. The van der Waals surface area contributed by atoms with Gasteiger partial charge in [-0.25, -0.2) is 0 Å². The molecule has 0 bridgehead atoms. The van der Waals surface area contributed by atoms with Crippen LogP contribution in [0.25, 0.3) is 0 Å². The van der Waals surface area contributed by atoms with Gasteiger partial charge in [0.1, 0.15) is 11.6 Å². The quantitative estimate of drug-likeness (QED) is 0.597. The number of nitriles is 1. The Kier molecular flexibility index (Phi) is 6.59. The highest BCUT2D eigenvalue weighted by Crippen LogP contribution is 2.15. The van der Waals surface area contributed by atoms with Crippen molar-refractivity contribution < 1.29 is 4.79 Å². The average Bonchev–Trinajstić information content (AvgIpc) is 2.58. The Morgan fingerprint density at radius 1 is 1.30 bits per heavy atom. The van der Waals surface area contributed by atoms with E-state index in [2.05, 4.69) is 26.1 Å². The van der Waals surface area contributed by atoms with Crippen LogP contribution in [0.2, 0.25) is 0 Å². The molecule has 1 heterocycles. The molecule has 0 aliphatic carbocycles. The fourth-order valence-corrected chi connectivity index (χ4v) is 2.64. The van der Waals surface area contributed by atoms with E-state index in [1.807, 2.05) is 30.3 Å². The van der Waals surface area contributed by atoms with Crippen molar-refractivity contribution in [1.82, 2.24) is 9.80 Å². The second kappa shape index (κ2) is 8.67. The minimum atomic E-state index is -0.232. The van der Waals surface area contributed by atoms with E-state index in [9.17, 15) is 10.1 Å². The van der Waals surface area contributed by atoms with Crippen LogP contribution in [0.5, 0.6) is 0 Å². The Hall–Kier alpha value is -1.88. The largest absolute Gasteiger partial charge is 0.360 e. The van der Waals surface area contributed by atoms with Crippen LogP contribution in [-0.4, -0.2) is 55.0 Å². The first-order chi connectivity index (χ1) is 11.1. The number of carbonyl (C=O) groups excluding carboxylic acids is 1. The molecule has 7 heteroatoms. The zero-order valence-corrected chi connectivity index (χ0v) is 14.4. The Morgan fingerprint density at radius 3 is 2.52 bits per heavy atom. The van der Waals surface area contributed by atoms with Gasteiger partial charge in [0.15, 0.2) is 0 Å². The predicted molar refractivity (Wildman–Crippen MR) is 93.5 cm³/mol. The molecule has 6 nitrogen and oxygen atoms in total. The number of rotatable bonds is 5. The highest BCUT2D eigenvalue weighted by Gasteiger charge is 2.23. The highest BCUT2D eigenvalue weighted by atomic mass is 79.9. The third-order valence-electron chi connectivity index (χ3n) is 3.68. The van der Waals surface area contributed by atoms with Gasteiger partial charge in [-0.2, -0.15) is 5.26 Å². The lowest BCUT2D eigenvalue weighted by atomic mass is 10.2. The number of nitrogens with two attached hydrogens (primary N) is 1. The third kappa shape index (κ3) is 5.06. The van der Waals surface area contributed by atoms with Crippen molar-refractivity contribution >= 4 is 27.5 Å². The van der Waals surface area contributed by atoms with Gasteiger partial charge >= 0.3 is 0 Å². The lowest BCUT2D eigenvalue weighted by molar-refractivity contribution is -0.128. The molecule has 0 radical (unpaired) electrons. The Morgan fingerprint density at radius 2 is 1.96 bits per heavy atom. The SMILES string of the molecule is N#C/C(=C/Nc1ccc(Br)cc1)C(=O)N1CCN(CCN)CC1. The van der Waals surface area contributed by atoms with Crippen LogP contribution in [0.15, 0.2) is 40.5 Å². The maximum atomic E-state index is 12.4. The molecule has 1 aliphatic heterocycles. The summed E-state index contributed by atoms with van der Waals surface area (Å²) < 4.78 is 0.971. The van der Waals surface area contributed by atoms with Gasteiger partial charge in [0.25, 0.3) is 5.91 Å². The Labute approximate surface area is 144 Å². The Balaban J connectivity index is 1.95. The summed E-state index contributed by atoms with van der Waals surface area (Å²) in [7, 11) is 0. The summed E-state index contributed by atoms with van der Waals surface area (Å²) in [5.74, 6) is -0.232. The molecule has 0 aromatic heterocycles. The van der Waals surface area contributed by atoms with E-state index in [4.69, 9.17) is 5.73 Å². The van der Waals surface area contributed by atoms with Crippen molar-refractivity contribution in [3.63, 3.8) is 0 Å². The topological polar surface area (TPSA) is 85.4 Å². The van der Waals surface area contributed by atoms with Gasteiger partial charge in [0, 0.05) is 55.6 Å². The van der Waals surface area contributed by atoms with Crippen LogP contribution in [0, 0.1) is 11.3 Å². The molecule has 1 fully saturated rings. The monoisotopic (exact) mass is 377 g/mol. The van der Waals surface area contributed by atoms with Gasteiger partial charge in [-0.3, -0.25) is 9.69 Å². The molecule has 0 spiro atoms. The van der Waals surface area contributed by atoms with Crippen LogP contribution in [0.3, 0.4) is 0 Å². The number of piperazine rings is 1. The average molecular weight is 378 g/mol. The first kappa shape index (κ1) is 17.5. The van der Waals surface area contributed by atoms with Crippen LogP contribution in [0.4, 0.5) is 5.69 Å². The summed E-state index contributed by atoms with van der Waals surface area (Å²) in [5, 5.41) is 12.2. The van der Waals surface area contributed by atoms with Crippen LogP contribution in [0.1, 0.15) is 0 Å². The van der Waals surface area contributed by atoms with Crippen LogP contribution < -0.4 is 11.1 Å². The molecular formula is C16H20BrN5O. The summed E-state index contributed by atoms with van der Waals surface area (Å²) in [5.41, 5.74) is 6.47. The highest BCUT2D eigenvalue weighted by molar-refractivity contribution is 9.10. The number of halogens is 1. The maximum Gasteiger partial charge on any atom is 0.266 e. The zero-order valence-electron chi connectivity index (χ0n) is 12.8. The zero-order chi connectivity index (χ0) is 16.7. The van der Waals surface area contributed by atoms with Crippen molar-refractivity contribution in [2.24, 2.45) is 5.73 Å². The molecule has 0 unspecified atom stereocenters. The fourth-order valence-electron chi connectivity index (χ4n) is 2.37. The summed E-state index contributed by atoms with van der Waals surface area (Å²) in [4.78, 5) is 16.3. The summed E-state index contributed by atoms with van der Waals surface area (Å²) in [6.45, 7) is 4.29. The van der Waals surface area contributed by atoms with E-state index in [-0.39, 0.29) is 11.5 Å². The van der Waals surface area contributed by atoms with E-state index in [1.54, 1.807) is 4.90 Å². The predicted octanol–water partition coefficient (Wildman–Crippen LogP) is 1.37. The molecule has 1 aromatic carbocycles. The molecule has 1 aliphatic rings. The number of hydrogen-bond acceptors (Lipinski definition) is 5. The normalized spacial score (nSPS) is 16.0. The molecule has 1 amide bonds. The van der Waals surface area contributed by atoms with Gasteiger partial charge in [0.05, 0.1) is 0 Å². The van der Waals surface area contributed by atoms with Gasteiger partial charge in [0.2, 0.25) is 0 Å². The molecule has 0 atom stereocenters. The van der Waals surface area contributed by atoms with Crippen LogP contribution >= 0.6 is 15.9 Å². The Bertz CT molecular complexity index is 600. The number of hydrogen-bond donors (Lipinski definition) is 2. The van der Waals surface area contributed by atoms with E-state index in [0.29, 0.717) is 19.6 Å². The molecular weight excluding hydrogens is 358 g/mol. The fraction of sp³-hybridized carbons (Fsp3) is 0.375. The lowest BCUT2D eigenvalue weighted by Crippen LogP contribution is -2.50. The van der Waals surface area contributed by atoms with Crippen molar-refractivity contribution in [2.45, 2.75) is 0 Å².